The van der Waals surface area contributed by atoms with Crippen LogP contribution in [0.15, 0.2) is 12.2 Å². The van der Waals surface area contributed by atoms with E-state index in [1.54, 1.807) is 32.1 Å². The lowest BCUT2D eigenvalue weighted by molar-refractivity contribution is -0.0162. The molecule has 0 aromatic carbocycles. The molecular weight excluding hydrogens is 244 g/mol. The second-order valence-corrected chi connectivity index (χ2v) is 8.09. The van der Waals surface area contributed by atoms with Gasteiger partial charge in [0.1, 0.15) is 0 Å². The number of rotatable bonds is 4. The van der Waals surface area contributed by atoms with Gasteiger partial charge in [0.2, 0.25) is 0 Å². The average Bonchev–Trinajstić information content (AvgIpc) is 2.82. The largest absolute Gasteiger partial charge is 0.309 e. The minimum atomic E-state index is 0.725. The molecular formula is C18H30N2. The quantitative estimate of drug-likeness (QED) is 0.793. The highest BCUT2D eigenvalue weighted by molar-refractivity contribution is 5.06. The molecule has 1 atom stereocenters. The first-order valence-corrected chi connectivity index (χ1v) is 8.86. The van der Waals surface area contributed by atoms with Crippen molar-refractivity contribution in [3.63, 3.8) is 0 Å². The Kier molecular flexibility index (Phi) is 3.64. The fourth-order valence-electron chi connectivity index (χ4n) is 5.84. The average molecular weight is 274 g/mol. The Bertz CT molecular complexity index is 348. The van der Waals surface area contributed by atoms with Crippen molar-refractivity contribution >= 4 is 0 Å². The minimum Gasteiger partial charge on any atom is -0.309 e. The van der Waals surface area contributed by atoms with Crippen molar-refractivity contribution in [2.75, 3.05) is 26.7 Å². The summed E-state index contributed by atoms with van der Waals surface area (Å²) in [7, 11) is 2.23. The van der Waals surface area contributed by atoms with E-state index >= 15 is 0 Å². The number of hydrogen-bond donors (Lipinski definition) is 1. The van der Waals surface area contributed by atoms with Gasteiger partial charge in [-0.1, -0.05) is 12.2 Å². The van der Waals surface area contributed by atoms with E-state index in [1.165, 1.54) is 19.5 Å². The van der Waals surface area contributed by atoms with Crippen LogP contribution >= 0.6 is 0 Å². The molecule has 5 aliphatic rings. The van der Waals surface area contributed by atoms with E-state index in [0.29, 0.717) is 0 Å². The first-order valence-electron chi connectivity index (χ1n) is 8.86. The van der Waals surface area contributed by atoms with Crippen LogP contribution in [0.4, 0.5) is 0 Å². The Hall–Kier alpha value is -0.340. The SMILES string of the molecule is CN1CCC(NC/C=C/C2C3CC4CC(C3)CC2C4)C1. The van der Waals surface area contributed by atoms with Gasteiger partial charge in [0.15, 0.2) is 0 Å². The molecule has 2 nitrogen and oxygen atoms in total. The zero-order valence-corrected chi connectivity index (χ0v) is 12.9. The van der Waals surface area contributed by atoms with Gasteiger partial charge in [0.25, 0.3) is 0 Å². The van der Waals surface area contributed by atoms with Crippen LogP contribution in [0.5, 0.6) is 0 Å². The molecule has 4 saturated carbocycles. The summed E-state index contributed by atoms with van der Waals surface area (Å²) < 4.78 is 0. The van der Waals surface area contributed by atoms with Crippen LogP contribution in [-0.4, -0.2) is 37.6 Å². The summed E-state index contributed by atoms with van der Waals surface area (Å²) in [4.78, 5) is 2.43. The zero-order chi connectivity index (χ0) is 13.5. The van der Waals surface area contributed by atoms with Crippen LogP contribution < -0.4 is 5.32 Å². The molecule has 112 valence electrons. The van der Waals surface area contributed by atoms with Gasteiger partial charge in [-0.3, -0.25) is 0 Å². The highest BCUT2D eigenvalue weighted by Gasteiger charge is 2.46. The molecule has 1 saturated heterocycles. The van der Waals surface area contributed by atoms with E-state index in [2.05, 4.69) is 29.4 Å². The monoisotopic (exact) mass is 274 g/mol. The number of hydrogen-bond acceptors (Lipinski definition) is 2. The zero-order valence-electron chi connectivity index (χ0n) is 12.9. The van der Waals surface area contributed by atoms with Crippen LogP contribution in [0.25, 0.3) is 0 Å². The molecule has 0 aromatic rings. The number of likely N-dealkylation sites (tertiary alicyclic amines) is 1. The fourth-order valence-corrected chi connectivity index (χ4v) is 5.84. The highest BCUT2D eigenvalue weighted by atomic mass is 15.2. The Balaban J connectivity index is 1.28. The molecule has 5 fully saturated rings. The standard InChI is InChI=1S/C18H30N2/c1-20-6-4-17(12-20)19-5-2-3-18-15-8-13-7-14(10-15)11-16(18)9-13/h2-3,13-19H,4-12H2,1H3/b3-2+. The normalized spacial score (nSPS) is 47.6. The first kappa shape index (κ1) is 13.3. The van der Waals surface area contributed by atoms with Crippen LogP contribution in [0.1, 0.15) is 38.5 Å². The van der Waals surface area contributed by atoms with Gasteiger partial charge >= 0.3 is 0 Å². The van der Waals surface area contributed by atoms with E-state index in [9.17, 15) is 0 Å². The van der Waals surface area contributed by atoms with E-state index in [1.807, 2.05) is 0 Å². The van der Waals surface area contributed by atoms with Gasteiger partial charge in [-0.2, -0.15) is 0 Å². The van der Waals surface area contributed by atoms with Crippen molar-refractivity contribution in [2.45, 2.75) is 44.6 Å². The molecule has 4 aliphatic carbocycles. The van der Waals surface area contributed by atoms with Crippen molar-refractivity contribution < 1.29 is 0 Å². The lowest BCUT2D eigenvalue weighted by atomic mass is 9.52. The van der Waals surface area contributed by atoms with Gasteiger partial charge in [-0.25, -0.2) is 0 Å². The van der Waals surface area contributed by atoms with Crippen molar-refractivity contribution in [3.05, 3.63) is 12.2 Å². The van der Waals surface area contributed by atoms with Crippen molar-refractivity contribution in [1.82, 2.24) is 10.2 Å². The van der Waals surface area contributed by atoms with Crippen molar-refractivity contribution in [2.24, 2.45) is 29.6 Å². The summed E-state index contributed by atoms with van der Waals surface area (Å²) in [5, 5.41) is 3.71. The number of likely N-dealkylation sites (N-methyl/N-ethyl adjacent to an activating group) is 1. The molecule has 0 amide bonds. The Morgan fingerprint density at radius 3 is 2.35 bits per heavy atom. The fraction of sp³-hybridized carbons (Fsp3) is 0.889. The maximum Gasteiger partial charge on any atom is 0.0210 e. The third kappa shape index (κ3) is 2.57. The van der Waals surface area contributed by atoms with Crippen LogP contribution in [0, 0.1) is 29.6 Å². The molecule has 1 N–H and O–H groups in total. The predicted molar refractivity (Wildman–Crippen MR) is 83.6 cm³/mol. The van der Waals surface area contributed by atoms with E-state index in [0.717, 1.165) is 42.2 Å². The van der Waals surface area contributed by atoms with Crippen LogP contribution in [-0.2, 0) is 0 Å². The lowest BCUT2D eigenvalue weighted by Gasteiger charge is -2.53. The van der Waals surface area contributed by atoms with Gasteiger partial charge in [-0.05, 0) is 81.7 Å². The van der Waals surface area contributed by atoms with Crippen molar-refractivity contribution in [1.29, 1.82) is 0 Å². The smallest absolute Gasteiger partial charge is 0.0210 e. The number of allylic oxidation sites excluding steroid dienone is 1. The van der Waals surface area contributed by atoms with Crippen LogP contribution in [0.3, 0.4) is 0 Å². The van der Waals surface area contributed by atoms with Crippen molar-refractivity contribution in [3.8, 4) is 0 Å². The summed E-state index contributed by atoms with van der Waals surface area (Å²) in [6, 6.07) is 0.725. The summed E-state index contributed by atoms with van der Waals surface area (Å²) in [5.41, 5.74) is 0. The Morgan fingerprint density at radius 1 is 1.05 bits per heavy atom. The molecule has 0 radical (unpaired) electrons. The summed E-state index contributed by atoms with van der Waals surface area (Å²) in [5.74, 6) is 5.22. The molecule has 4 bridgehead atoms. The summed E-state index contributed by atoms with van der Waals surface area (Å²) >= 11 is 0. The molecule has 0 spiro atoms. The molecule has 1 heterocycles. The predicted octanol–water partition coefficient (Wildman–Crippen LogP) is 2.91. The highest BCUT2D eigenvalue weighted by Crippen LogP contribution is 2.56. The van der Waals surface area contributed by atoms with E-state index < -0.39 is 0 Å². The second-order valence-electron chi connectivity index (χ2n) is 8.09. The van der Waals surface area contributed by atoms with E-state index in [-0.39, 0.29) is 0 Å². The molecule has 5 rings (SSSR count). The van der Waals surface area contributed by atoms with Crippen LogP contribution in [0.2, 0.25) is 0 Å². The number of nitrogens with zero attached hydrogens (tertiary/aromatic N) is 1. The van der Waals surface area contributed by atoms with Gasteiger partial charge in [-0.15, -0.1) is 0 Å². The second kappa shape index (κ2) is 5.46. The summed E-state index contributed by atoms with van der Waals surface area (Å²) in [6.45, 7) is 3.57. The minimum absolute atomic E-state index is 0.725. The number of nitrogens with one attached hydrogen (secondary N) is 1. The lowest BCUT2D eigenvalue weighted by Crippen LogP contribution is -2.44. The third-order valence-corrected chi connectivity index (χ3v) is 6.57. The molecule has 20 heavy (non-hydrogen) atoms. The van der Waals surface area contributed by atoms with E-state index in [4.69, 9.17) is 0 Å². The van der Waals surface area contributed by atoms with Gasteiger partial charge in [0, 0.05) is 19.1 Å². The third-order valence-electron chi connectivity index (χ3n) is 6.57. The van der Waals surface area contributed by atoms with Gasteiger partial charge in [0.05, 0.1) is 0 Å². The topological polar surface area (TPSA) is 15.3 Å². The first-order chi connectivity index (χ1) is 9.78. The Morgan fingerprint density at radius 2 is 1.75 bits per heavy atom. The Labute approximate surface area is 124 Å². The molecule has 0 aromatic heterocycles. The molecule has 1 aliphatic heterocycles. The maximum absolute atomic E-state index is 3.71. The molecule has 2 heteroatoms. The summed E-state index contributed by atoms with van der Waals surface area (Å²) in [6.07, 6.45) is 14.1. The molecule has 1 unspecified atom stereocenters. The van der Waals surface area contributed by atoms with Gasteiger partial charge < -0.3 is 10.2 Å². The maximum atomic E-state index is 3.71.